The number of aromatic nitrogens is 1. The van der Waals surface area contributed by atoms with E-state index in [1.165, 1.54) is 11.8 Å². The molecule has 1 aromatic heterocycles. The van der Waals surface area contributed by atoms with Crippen molar-refractivity contribution in [3.8, 4) is 0 Å². The van der Waals surface area contributed by atoms with Crippen molar-refractivity contribution in [3.63, 3.8) is 0 Å². The van der Waals surface area contributed by atoms with Crippen LogP contribution in [0.3, 0.4) is 0 Å². The largest absolute Gasteiger partial charge is 0.300 e. The van der Waals surface area contributed by atoms with Gasteiger partial charge in [0.05, 0.1) is 16.1 Å². The van der Waals surface area contributed by atoms with Crippen molar-refractivity contribution >= 4 is 84.6 Å². The standard InChI is InChI=1S/C19H10BrCl2N3OS/c20-12-6-7-15(17-10(12)3-2-8-23-17)24-19-25-18(26)16(27-19)9-11-13(21)4-1-5-14(11)22/h1-9H,(H,24,25,26)/b16-9-. The van der Waals surface area contributed by atoms with Gasteiger partial charge in [0.15, 0.2) is 5.17 Å². The van der Waals surface area contributed by atoms with Crippen LogP contribution in [0.15, 0.2) is 63.0 Å². The second-order valence-electron chi connectivity index (χ2n) is 5.58. The quantitative estimate of drug-likeness (QED) is 0.446. The number of halogens is 3. The maximum atomic E-state index is 12.3. The van der Waals surface area contributed by atoms with Gasteiger partial charge in [-0.15, -0.1) is 0 Å². The molecule has 1 N–H and O–H groups in total. The summed E-state index contributed by atoms with van der Waals surface area (Å²) in [5, 5.41) is 5.16. The highest BCUT2D eigenvalue weighted by molar-refractivity contribution is 9.10. The van der Waals surface area contributed by atoms with Crippen molar-refractivity contribution in [1.29, 1.82) is 0 Å². The lowest BCUT2D eigenvalue weighted by Crippen LogP contribution is -2.19. The van der Waals surface area contributed by atoms with E-state index >= 15 is 0 Å². The molecule has 0 atom stereocenters. The molecule has 1 fully saturated rings. The number of nitrogens with zero attached hydrogens (tertiary/aromatic N) is 2. The van der Waals surface area contributed by atoms with Gasteiger partial charge in [-0.3, -0.25) is 9.78 Å². The van der Waals surface area contributed by atoms with Crippen LogP contribution in [-0.2, 0) is 4.79 Å². The number of aliphatic imine (C=N–C) groups is 1. The van der Waals surface area contributed by atoms with E-state index < -0.39 is 0 Å². The van der Waals surface area contributed by atoms with Crippen LogP contribution in [0.4, 0.5) is 5.69 Å². The predicted octanol–water partition coefficient (Wildman–Crippen LogP) is 6.20. The first-order chi connectivity index (χ1) is 13.0. The van der Waals surface area contributed by atoms with Gasteiger partial charge in [-0.1, -0.05) is 51.3 Å². The Morgan fingerprint density at radius 3 is 2.67 bits per heavy atom. The maximum Gasteiger partial charge on any atom is 0.264 e. The zero-order valence-corrected chi connectivity index (χ0v) is 17.5. The number of nitrogens with one attached hydrogen (secondary N) is 1. The van der Waals surface area contributed by atoms with E-state index in [-0.39, 0.29) is 5.91 Å². The number of hydrogen-bond donors (Lipinski definition) is 1. The first kappa shape index (κ1) is 18.5. The molecular weight excluding hydrogens is 469 g/mol. The molecule has 1 amide bonds. The summed E-state index contributed by atoms with van der Waals surface area (Å²) in [4.78, 5) is 21.8. The number of thioether (sulfide) groups is 1. The molecule has 0 bridgehead atoms. The summed E-state index contributed by atoms with van der Waals surface area (Å²) in [5.74, 6) is -0.246. The molecule has 2 aromatic carbocycles. The van der Waals surface area contributed by atoms with E-state index in [1.807, 2.05) is 24.3 Å². The predicted molar refractivity (Wildman–Crippen MR) is 117 cm³/mol. The second-order valence-corrected chi connectivity index (χ2v) is 8.28. The molecular formula is C19H10BrCl2N3OS. The average molecular weight is 479 g/mol. The van der Waals surface area contributed by atoms with Gasteiger partial charge in [0.1, 0.15) is 0 Å². The van der Waals surface area contributed by atoms with Crippen LogP contribution in [0, 0.1) is 0 Å². The third-order valence-corrected chi connectivity index (χ3v) is 6.10. The molecule has 8 heteroatoms. The van der Waals surface area contributed by atoms with Crippen LogP contribution < -0.4 is 5.32 Å². The van der Waals surface area contributed by atoms with Crippen LogP contribution in [0.1, 0.15) is 5.56 Å². The molecule has 0 unspecified atom stereocenters. The lowest BCUT2D eigenvalue weighted by molar-refractivity contribution is -0.115. The average Bonchev–Trinajstić information content (AvgIpc) is 3.00. The van der Waals surface area contributed by atoms with E-state index in [4.69, 9.17) is 23.2 Å². The zero-order valence-electron chi connectivity index (χ0n) is 13.5. The van der Waals surface area contributed by atoms with E-state index in [2.05, 4.69) is 31.2 Å². The minimum atomic E-state index is -0.246. The van der Waals surface area contributed by atoms with Crippen molar-refractivity contribution in [1.82, 2.24) is 10.3 Å². The summed E-state index contributed by atoms with van der Waals surface area (Å²) in [6.07, 6.45) is 3.38. The molecule has 3 aromatic rings. The van der Waals surface area contributed by atoms with Crippen LogP contribution in [0.2, 0.25) is 10.0 Å². The summed E-state index contributed by atoms with van der Waals surface area (Å²) in [5.41, 5.74) is 2.03. The van der Waals surface area contributed by atoms with Gasteiger partial charge in [-0.2, -0.15) is 0 Å². The van der Waals surface area contributed by atoms with Crippen molar-refractivity contribution < 1.29 is 4.79 Å². The molecule has 4 rings (SSSR count). The molecule has 27 heavy (non-hydrogen) atoms. The van der Waals surface area contributed by atoms with Crippen molar-refractivity contribution in [3.05, 3.63) is 73.6 Å². The number of amidine groups is 1. The SMILES string of the molecule is O=C1NC(=Nc2ccc(Br)c3cccnc23)S/C1=C\c1c(Cl)cccc1Cl. The third-order valence-electron chi connectivity index (χ3n) is 3.84. The van der Waals surface area contributed by atoms with Gasteiger partial charge in [0.2, 0.25) is 0 Å². The van der Waals surface area contributed by atoms with E-state index in [0.717, 1.165) is 15.4 Å². The number of pyridine rings is 1. The lowest BCUT2D eigenvalue weighted by atomic mass is 10.2. The fourth-order valence-electron chi connectivity index (χ4n) is 2.58. The molecule has 134 valence electrons. The first-order valence-corrected chi connectivity index (χ1v) is 10.2. The summed E-state index contributed by atoms with van der Waals surface area (Å²) in [6, 6.07) is 12.8. The second kappa shape index (κ2) is 7.64. The highest BCUT2D eigenvalue weighted by Gasteiger charge is 2.25. The molecule has 1 aliphatic rings. The zero-order chi connectivity index (χ0) is 19.0. The number of benzene rings is 2. The molecule has 0 spiro atoms. The minimum Gasteiger partial charge on any atom is -0.300 e. The van der Waals surface area contributed by atoms with Crippen LogP contribution >= 0.6 is 50.9 Å². The summed E-state index contributed by atoms with van der Waals surface area (Å²) in [7, 11) is 0. The lowest BCUT2D eigenvalue weighted by Gasteiger charge is -2.04. The number of fused-ring (bicyclic) bond motifs is 1. The fourth-order valence-corrected chi connectivity index (χ4v) is 4.36. The minimum absolute atomic E-state index is 0.246. The number of carbonyl (C=O) groups is 1. The Hall–Kier alpha value is -1.86. The third kappa shape index (κ3) is 3.75. The summed E-state index contributed by atoms with van der Waals surface area (Å²) >= 11 is 17.1. The molecule has 2 heterocycles. The van der Waals surface area contributed by atoms with Crippen LogP contribution in [0.5, 0.6) is 0 Å². The van der Waals surface area contributed by atoms with Gasteiger partial charge in [-0.05, 0) is 48.2 Å². The Morgan fingerprint density at radius 1 is 1.11 bits per heavy atom. The van der Waals surface area contributed by atoms with Crippen LogP contribution in [0.25, 0.3) is 17.0 Å². The van der Waals surface area contributed by atoms with E-state index in [9.17, 15) is 4.79 Å². The summed E-state index contributed by atoms with van der Waals surface area (Å²) < 4.78 is 0.937. The number of carbonyl (C=O) groups excluding carboxylic acids is 1. The van der Waals surface area contributed by atoms with Crippen molar-refractivity contribution in [2.24, 2.45) is 4.99 Å². The first-order valence-electron chi connectivity index (χ1n) is 7.80. The van der Waals surface area contributed by atoms with E-state index in [0.29, 0.717) is 31.4 Å². The normalized spacial score (nSPS) is 17.1. The van der Waals surface area contributed by atoms with Gasteiger partial charge >= 0.3 is 0 Å². The number of hydrogen-bond acceptors (Lipinski definition) is 4. The van der Waals surface area contributed by atoms with Crippen molar-refractivity contribution in [2.75, 3.05) is 0 Å². The topological polar surface area (TPSA) is 54.4 Å². The summed E-state index contributed by atoms with van der Waals surface area (Å²) in [6.45, 7) is 0. The van der Waals surface area contributed by atoms with Crippen molar-refractivity contribution in [2.45, 2.75) is 0 Å². The Morgan fingerprint density at radius 2 is 1.89 bits per heavy atom. The van der Waals surface area contributed by atoms with Gasteiger partial charge < -0.3 is 5.32 Å². The van der Waals surface area contributed by atoms with Gasteiger partial charge in [0, 0.05) is 31.7 Å². The molecule has 0 aliphatic carbocycles. The smallest absolute Gasteiger partial charge is 0.264 e. The Labute approximate surface area is 177 Å². The Kier molecular flexibility index (Phi) is 5.23. The highest BCUT2D eigenvalue weighted by atomic mass is 79.9. The Balaban J connectivity index is 1.71. The molecule has 0 radical (unpaired) electrons. The van der Waals surface area contributed by atoms with Gasteiger partial charge in [-0.25, -0.2) is 4.99 Å². The molecule has 4 nitrogen and oxygen atoms in total. The molecule has 0 saturated carbocycles. The highest BCUT2D eigenvalue weighted by Crippen LogP contribution is 2.35. The number of rotatable bonds is 2. The van der Waals surface area contributed by atoms with Gasteiger partial charge in [0.25, 0.3) is 5.91 Å². The van der Waals surface area contributed by atoms with E-state index in [1.54, 1.807) is 30.5 Å². The van der Waals surface area contributed by atoms with Crippen LogP contribution in [-0.4, -0.2) is 16.1 Å². The Bertz CT molecular complexity index is 1130. The fraction of sp³-hybridized carbons (Fsp3) is 0. The monoisotopic (exact) mass is 477 g/mol. The molecule has 1 saturated heterocycles. The molecule has 1 aliphatic heterocycles. The maximum absolute atomic E-state index is 12.3. The number of amides is 1.